The van der Waals surface area contributed by atoms with Gasteiger partial charge in [0.2, 0.25) is 0 Å². The van der Waals surface area contributed by atoms with Crippen molar-refractivity contribution in [1.29, 1.82) is 0 Å². The lowest BCUT2D eigenvalue weighted by molar-refractivity contribution is 0.0933. The molecule has 1 amide bonds. The molecule has 0 spiro atoms. The van der Waals surface area contributed by atoms with E-state index >= 15 is 0 Å². The van der Waals surface area contributed by atoms with Crippen molar-refractivity contribution in [2.75, 3.05) is 6.54 Å². The first-order valence-electron chi connectivity index (χ1n) is 6.26. The van der Waals surface area contributed by atoms with Gasteiger partial charge in [0.25, 0.3) is 5.91 Å². The number of hydrogen-bond acceptors (Lipinski definition) is 3. The molecule has 1 aromatic heterocycles. The van der Waals surface area contributed by atoms with Crippen LogP contribution < -0.4 is 11.1 Å². The number of carbonyl (C=O) groups excluding carboxylic acids is 1. The van der Waals surface area contributed by atoms with E-state index in [-0.39, 0.29) is 24.4 Å². The number of halogens is 1. The maximum absolute atomic E-state index is 12.1. The van der Waals surface area contributed by atoms with Crippen LogP contribution in [0.25, 0.3) is 10.1 Å². The van der Waals surface area contributed by atoms with E-state index in [1.54, 1.807) is 11.3 Å². The molecule has 1 aliphatic carbocycles. The molecule has 1 aromatic carbocycles. The van der Waals surface area contributed by atoms with E-state index in [0.29, 0.717) is 12.5 Å². The fourth-order valence-corrected chi connectivity index (χ4v) is 3.00. The Bertz CT molecular complexity index is 580. The van der Waals surface area contributed by atoms with Gasteiger partial charge in [0, 0.05) is 22.8 Å². The average Bonchev–Trinajstić information content (AvgIpc) is 3.12. The average molecular weight is 297 g/mol. The van der Waals surface area contributed by atoms with E-state index in [1.807, 2.05) is 29.6 Å². The zero-order chi connectivity index (χ0) is 12.5. The van der Waals surface area contributed by atoms with Gasteiger partial charge in [-0.1, -0.05) is 0 Å². The minimum Gasteiger partial charge on any atom is -0.348 e. The van der Waals surface area contributed by atoms with E-state index in [4.69, 9.17) is 5.73 Å². The van der Waals surface area contributed by atoms with Gasteiger partial charge >= 0.3 is 0 Å². The number of hydrogen-bond donors (Lipinski definition) is 2. The number of nitrogens with two attached hydrogens (primary N) is 1. The summed E-state index contributed by atoms with van der Waals surface area (Å²) in [6.45, 7) is 0.525. The fourth-order valence-electron chi connectivity index (χ4n) is 2.23. The molecule has 1 saturated carbocycles. The highest BCUT2D eigenvalue weighted by Gasteiger charge is 2.31. The van der Waals surface area contributed by atoms with Crippen LogP contribution in [0.2, 0.25) is 0 Å². The second kappa shape index (κ2) is 5.90. The molecule has 5 heteroatoms. The molecule has 1 heterocycles. The second-order valence-electron chi connectivity index (χ2n) is 4.83. The standard InChI is InChI=1S/C14H16N2OS.ClH/c15-8-12(9-1-2-9)16-14(17)11-3-4-13-10(7-11)5-6-18-13;/h3-7,9,12H,1-2,8,15H2,(H,16,17);1H. The Morgan fingerprint density at radius 1 is 1.42 bits per heavy atom. The van der Waals surface area contributed by atoms with E-state index in [0.717, 1.165) is 10.9 Å². The van der Waals surface area contributed by atoms with Crippen molar-refractivity contribution in [3.05, 3.63) is 35.2 Å². The van der Waals surface area contributed by atoms with Crippen molar-refractivity contribution in [2.24, 2.45) is 11.7 Å². The first-order valence-corrected chi connectivity index (χ1v) is 7.14. The molecular weight excluding hydrogens is 280 g/mol. The molecule has 0 aliphatic heterocycles. The quantitative estimate of drug-likeness (QED) is 0.911. The summed E-state index contributed by atoms with van der Waals surface area (Å²) in [4.78, 5) is 12.1. The summed E-state index contributed by atoms with van der Waals surface area (Å²) in [5.74, 6) is 0.578. The summed E-state index contributed by atoms with van der Waals surface area (Å²) >= 11 is 1.69. The molecule has 3 rings (SSSR count). The molecule has 3 nitrogen and oxygen atoms in total. The van der Waals surface area contributed by atoms with Crippen molar-refractivity contribution in [3.63, 3.8) is 0 Å². The summed E-state index contributed by atoms with van der Waals surface area (Å²) in [7, 11) is 0. The van der Waals surface area contributed by atoms with Gasteiger partial charge in [-0.2, -0.15) is 0 Å². The minimum absolute atomic E-state index is 0. The highest BCUT2D eigenvalue weighted by molar-refractivity contribution is 7.17. The lowest BCUT2D eigenvalue weighted by Gasteiger charge is -2.15. The van der Waals surface area contributed by atoms with Crippen molar-refractivity contribution in [3.8, 4) is 0 Å². The van der Waals surface area contributed by atoms with E-state index in [1.165, 1.54) is 17.5 Å². The third-order valence-electron chi connectivity index (χ3n) is 3.48. The zero-order valence-electron chi connectivity index (χ0n) is 10.5. The number of carbonyl (C=O) groups is 1. The Kier molecular flexibility index (Phi) is 4.45. The minimum atomic E-state index is -0.00884. The molecule has 1 unspecified atom stereocenters. The molecule has 2 aromatic rings. The molecule has 0 radical (unpaired) electrons. The molecule has 3 N–H and O–H groups in total. The predicted molar refractivity (Wildman–Crippen MR) is 82.1 cm³/mol. The molecule has 1 fully saturated rings. The Hall–Kier alpha value is -1.10. The second-order valence-corrected chi connectivity index (χ2v) is 5.77. The Balaban J connectivity index is 0.00000133. The van der Waals surface area contributed by atoms with Crippen molar-refractivity contribution in [1.82, 2.24) is 5.32 Å². The third kappa shape index (κ3) is 3.08. The summed E-state index contributed by atoms with van der Waals surface area (Å²) in [5, 5.41) is 6.21. The normalized spacial score (nSPS) is 15.8. The number of thiophene rings is 1. The van der Waals surface area contributed by atoms with E-state index in [9.17, 15) is 4.79 Å². The van der Waals surface area contributed by atoms with Gasteiger partial charge in [0.1, 0.15) is 0 Å². The predicted octanol–water partition coefficient (Wildman–Crippen LogP) is 2.79. The zero-order valence-corrected chi connectivity index (χ0v) is 12.1. The number of fused-ring (bicyclic) bond motifs is 1. The Labute approximate surface area is 122 Å². The highest BCUT2D eigenvalue weighted by atomic mass is 35.5. The van der Waals surface area contributed by atoms with Crippen LogP contribution in [0, 0.1) is 5.92 Å². The van der Waals surface area contributed by atoms with Crippen molar-refractivity contribution < 1.29 is 4.79 Å². The molecule has 19 heavy (non-hydrogen) atoms. The molecule has 0 saturated heterocycles. The van der Waals surface area contributed by atoms with Gasteiger partial charge in [-0.3, -0.25) is 4.79 Å². The summed E-state index contributed by atoms with van der Waals surface area (Å²) in [5.41, 5.74) is 6.42. The molecule has 0 bridgehead atoms. The van der Waals surface area contributed by atoms with Crippen molar-refractivity contribution in [2.45, 2.75) is 18.9 Å². The van der Waals surface area contributed by atoms with Gasteiger partial charge in [-0.15, -0.1) is 23.7 Å². The number of amides is 1. The molecular formula is C14H17ClN2OS. The number of nitrogens with one attached hydrogen (secondary N) is 1. The fraction of sp³-hybridized carbons (Fsp3) is 0.357. The van der Waals surface area contributed by atoms with Gasteiger partial charge in [0.15, 0.2) is 0 Å². The van der Waals surface area contributed by atoms with Gasteiger partial charge < -0.3 is 11.1 Å². The van der Waals surface area contributed by atoms with Crippen LogP contribution in [-0.4, -0.2) is 18.5 Å². The first kappa shape index (κ1) is 14.3. The Morgan fingerprint density at radius 2 is 2.21 bits per heavy atom. The van der Waals surface area contributed by atoms with Crippen LogP contribution >= 0.6 is 23.7 Å². The first-order chi connectivity index (χ1) is 8.78. The smallest absolute Gasteiger partial charge is 0.251 e. The topological polar surface area (TPSA) is 55.1 Å². The molecule has 1 aliphatic rings. The molecule has 1 atom stereocenters. The van der Waals surface area contributed by atoms with Gasteiger partial charge in [-0.25, -0.2) is 0 Å². The van der Waals surface area contributed by atoms with E-state index < -0.39 is 0 Å². The van der Waals surface area contributed by atoms with Crippen LogP contribution in [0.3, 0.4) is 0 Å². The molecule has 102 valence electrons. The lowest BCUT2D eigenvalue weighted by Crippen LogP contribution is -2.41. The van der Waals surface area contributed by atoms with Crippen LogP contribution in [0.1, 0.15) is 23.2 Å². The lowest BCUT2D eigenvalue weighted by atomic mass is 10.1. The van der Waals surface area contributed by atoms with Gasteiger partial charge in [0.05, 0.1) is 0 Å². The summed E-state index contributed by atoms with van der Waals surface area (Å²) in [6, 6.07) is 8.01. The summed E-state index contributed by atoms with van der Waals surface area (Å²) < 4.78 is 1.21. The van der Waals surface area contributed by atoms with E-state index in [2.05, 4.69) is 5.32 Å². The maximum Gasteiger partial charge on any atom is 0.251 e. The maximum atomic E-state index is 12.1. The van der Waals surface area contributed by atoms with Crippen molar-refractivity contribution >= 4 is 39.7 Å². The highest BCUT2D eigenvalue weighted by Crippen LogP contribution is 2.32. The van der Waals surface area contributed by atoms with Crippen LogP contribution in [-0.2, 0) is 0 Å². The van der Waals surface area contributed by atoms with Gasteiger partial charge in [-0.05, 0) is 53.8 Å². The number of rotatable bonds is 4. The van der Waals surface area contributed by atoms with Crippen LogP contribution in [0.5, 0.6) is 0 Å². The Morgan fingerprint density at radius 3 is 2.89 bits per heavy atom. The third-order valence-corrected chi connectivity index (χ3v) is 4.37. The van der Waals surface area contributed by atoms with Crippen LogP contribution in [0.15, 0.2) is 29.6 Å². The SMILES string of the molecule is Cl.NCC(NC(=O)c1ccc2sccc2c1)C1CC1. The summed E-state index contributed by atoms with van der Waals surface area (Å²) in [6.07, 6.45) is 2.37. The van der Waals surface area contributed by atoms with Crippen LogP contribution in [0.4, 0.5) is 0 Å². The number of benzene rings is 1. The monoisotopic (exact) mass is 296 g/mol. The largest absolute Gasteiger partial charge is 0.348 e.